The minimum atomic E-state index is -2.35. The Morgan fingerprint density at radius 1 is 0.463 bits per heavy atom. The molecule has 0 saturated carbocycles. The first-order chi connectivity index (χ1) is 26.3. The molecule has 2 aromatic carbocycles. The normalized spacial score (nSPS) is 11.2. The van der Waals surface area contributed by atoms with Crippen LogP contribution in [0.3, 0.4) is 0 Å². The first kappa shape index (κ1) is 46.6. The molecule has 0 atom stereocenters. The predicted octanol–water partition coefficient (Wildman–Crippen LogP) is 3.75. The molecule has 0 aliphatic heterocycles. The fourth-order valence-corrected chi connectivity index (χ4v) is 3.86. The van der Waals surface area contributed by atoms with E-state index in [1.807, 2.05) is 30.3 Å². The van der Waals surface area contributed by atoms with E-state index in [2.05, 4.69) is 10.1 Å². The third-order valence-electron chi connectivity index (χ3n) is 6.54. The Morgan fingerprint density at radius 3 is 1.22 bits per heavy atom. The van der Waals surface area contributed by atoms with Crippen LogP contribution in [0, 0.1) is 29.1 Å². The number of hydrogen-bond acceptors (Lipinski definition) is 13. The van der Waals surface area contributed by atoms with E-state index < -0.39 is 53.3 Å². The van der Waals surface area contributed by atoms with Gasteiger partial charge in [0.15, 0.2) is 0 Å². The molecule has 1 N–H and O–H groups in total. The van der Waals surface area contributed by atoms with E-state index in [0.29, 0.717) is 99.0 Å². The molecule has 0 aliphatic rings. The van der Waals surface area contributed by atoms with E-state index in [1.54, 1.807) is 0 Å². The SMILES string of the molecule is O=C(CCOCCOCCOCCOCCOCCOCCOCCOCCOCCNC(=O)OCc1ccccc1)Oc1c(F)c(F)c(F)c(F)c1F. The monoisotopic (exact) mass is 785 g/mol. The molecule has 14 nitrogen and oxygen atoms in total. The van der Waals surface area contributed by atoms with Crippen molar-refractivity contribution in [1.82, 2.24) is 5.32 Å². The van der Waals surface area contributed by atoms with Gasteiger partial charge in [0.1, 0.15) is 6.61 Å². The Labute approximate surface area is 310 Å². The van der Waals surface area contributed by atoms with Crippen molar-refractivity contribution in [3.05, 3.63) is 65.0 Å². The van der Waals surface area contributed by atoms with Crippen LogP contribution in [-0.2, 0) is 58.8 Å². The van der Waals surface area contributed by atoms with E-state index in [1.165, 1.54) is 0 Å². The van der Waals surface area contributed by atoms with Crippen molar-refractivity contribution < 1.29 is 83.6 Å². The van der Waals surface area contributed by atoms with Crippen molar-refractivity contribution in [2.45, 2.75) is 13.0 Å². The van der Waals surface area contributed by atoms with E-state index in [9.17, 15) is 31.5 Å². The van der Waals surface area contributed by atoms with Gasteiger partial charge in [-0.25, -0.2) is 18.0 Å². The molecule has 0 aliphatic carbocycles. The summed E-state index contributed by atoms with van der Waals surface area (Å²) in [5, 5.41) is 2.62. The van der Waals surface area contributed by atoms with Crippen LogP contribution in [0.25, 0.3) is 0 Å². The fourth-order valence-electron chi connectivity index (χ4n) is 3.86. The molecule has 0 bridgehead atoms. The Kier molecular flexibility index (Phi) is 26.6. The summed E-state index contributed by atoms with van der Waals surface area (Å²) >= 11 is 0. The van der Waals surface area contributed by atoms with Gasteiger partial charge in [-0.15, -0.1) is 0 Å². The molecule has 0 aromatic heterocycles. The number of benzene rings is 2. The molecule has 54 heavy (non-hydrogen) atoms. The number of hydrogen-bond donors (Lipinski definition) is 1. The Hall–Kier alpha value is -3.53. The van der Waals surface area contributed by atoms with Crippen LogP contribution in [0.2, 0.25) is 0 Å². The second kappa shape index (κ2) is 30.8. The number of esters is 1. The van der Waals surface area contributed by atoms with E-state index >= 15 is 0 Å². The molecule has 0 heterocycles. The highest BCUT2D eigenvalue weighted by molar-refractivity contribution is 5.72. The van der Waals surface area contributed by atoms with Gasteiger partial charge in [0.05, 0.1) is 125 Å². The van der Waals surface area contributed by atoms with Gasteiger partial charge in [0, 0.05) is 6.54 Å². The van der Waals surface area contributed by atoms with Gasteiger partial charge in [0.2, 0.25) is 34.8 Å². The van der Waals surface area contributed by atoms with Crippen LogP contribution in [0.15, 0.2) is 30.3 Å². The lowest BCUT2D eigenvalue weighted by Crippen LogP contribution is -2.28. The second-order valence-corrected chi connectivity index (χ2v) is 10.6. The number of amides is 1. The van der Waals surface area contributed by atoms with Crippen LogP contribution < -0.4 is 10.1 Å². The number of carbonyl (C=O) groups is 2. The summed E-state index contributed by atoms with van der Waals surface area (Å²) in [7, 11) is 0. The van der Waals surface area contributed by atoms with Gasteiger partial charge in [-0.3, -0.25) is 4.79 Å². The fraction of sp³-hybridized carbons (Fsp3) is 0.600. The van der Waals surface area contributed by atoms with Crippen molar-refractivity contribution in [2.24, 2.45) is 0 Å². The van der Waals surface area contributed by atoms with E-state index in [-0.39, 0.29) is 33.0 Å². The molecule has 0 radical (unpaired) electrons. The van der Waals surface area contributed by atoms with Crippen molar-refractivity contribution in [1.29, 1.82) is 0 Å². The molecule has 0 saturated heterocycles. The van der Waals surface area contributed by atoms with E-state index in [0.717, 1.165) is 5.56 Å². The van der Waals surface area contributed by atoms with Crippen molar-refractivity contribution >= 4 is 12.1 Å². The highest BCUT2D eigenvalue weighted by Gasteiger charge is 2.28. The lowest BCUT2D eigenvalue weighted by atomic mass is 10.2. The van der Waals surface area contributed by atoms with Crippen LogP contribution >= 0.6 is 0 Å². The summed E-state index contributed by atoms with van der Waals surface area (Å²) in [4.78, 5) is 23.3. The molecule has 2 rings (SSSR count). The predicted molar refractivity (Wildman–Crippen MR) is 178 cm³/mol. The average Bonchev–Trinajstić information content (AvgIpc) is 3.18. The number of ether oxygens (including phenoxy) is 11. The van der Waals surface area contributed by atoms with Gasteiger partial charge >= 0.3 is 12.1 Å². The molecular formula is C35H48F5NO13. The van der Waals surface area contributed by atoms with Crippen molar-refractivity contribution in [3.8, 4) is 5.75 Å². The molecule has 2 aromatic rings. The van der Waals surface area contributed by atoms with Crippen LogP contribution in [0.4, 0.5) is 26.7 Å². The van der Waals surface area contributed by atoms with Gasteiger partial charge in [-0.05, 0) is 5.56 Å². The number of alkyl carbamates (subject to hydrolysis) is 1. The molecule has 306 valence electrons. The quantitative estimate of drug-likeness (QED) is 0.0280. The molecule has 0 unspecified atom stereocenters. The van der Waals surface area contributed by atoms with Gasteiger partial charge in [-0.1, -0.05) is 30.3 Å². The van der Waals surface area contributed by atoms with Crippen LogP contribution in [-0.4, -0.2) is 138 Å². The Bertz CT molecular complexity index is 1270. The number of halogens is 5. The maximum atomic E-state index is 13.5. The maximum absolute atomic E-state index is 13.5. The first-order valence-electron chi connectivity index (χ1n) is 17.2. The number of nitrogens with one attached hydrogen (secondary N) is 1. The zero-order valence-electron chi connectivity index (χ0n) is 29.9. The highest BCUT2D eigenvalue weighted by Crippen LogP contribution is 2.29. The summed E-state index contributed by atoms with van der Waals surface area (Å²) in [6, 6.07) is 9.41. The Morgan fingerprint density at radius 2 is 0.815 bits per heavy atom. The molecule has 19 heteroatoms. The van der Waals surface area contributed by atoms with Gasteiger partial charge < -0.3 is 57.4 Å². The summed E-state index contributed by atoms with van der Waals surface area (Å²) in [5.41, 5.74) is 0.915. The standard InChI is InChI=1S/C35H48F5NO13/c36-29-30(37)32(39)34(33(40)31(29)38)54-28(42)6-8-44-10-12-46-14-16-48-18-20-50-22-24-52-25-23-51-21-19-49-17-15-47-13-11-45-9-7-41-35(43)53-26-27-4-2-1-3-5-27/h1-5H,6-26H2,(H,41,43). The summed E-state index contributed by atoms with van der Waals surface area (Å²) in [6.45, 7) is 6.31. The molecular weight excluding hydrogens is 737 g/mol. The highest BCUT2D eigenvalue weighted by atomic mass is 19.2. The van der Waals surface area contributed by atoms with Gasteiger partial charge in [-0.2, -0.15) is 8.78 Å². The zero-order chi connectivity index (χ0) is 39.1. The molecule has 0 spiro atoms. The second-order valence-electron chi connectivity index (χ2n) is 10.6. The van der Waals surface area contributed by atoms with Crippen molar-refractivity contribution in [2.75, 3.05) is 125 Å². The largest absolute Gasteiger partial charge is 0.445 e. The van der Waals surface area contributed by atoms with Crippen LogP contribution in [0.1, 0.15) is 12.0 Å². The number of rotatable bonds is 33. The third kappa shape index (κ3) is 22.0. The smallest absolute Gasteiger partial charge is 0.407 e. The third-order valence-corrected chi connectivity index (χ3v) is 6.54. The maximum Gasteiger partial charge on any atom is 0.407 e. The topological polar surface area (TPSA) is 148 Å². The summed E-state index contributed by atoms with van der Waals surface area (Å²) in [6.07, 6.45) is -0.988. The zero-order valence-corrected chi connectivity index (χ0v) is 29.9. The summed E-state index contributed by atoms with van der Waals surface area (Å²) in [5.74, 6) is -14.2. The minimum Gasteiger partial charge on any atom is -0.445 e. The first-order valence-corrected chi connectivity index (χ1v) is 17.2. The Balaban J connectivity index is 1.21. The molecule has 0 fully saturated rings. The van der Waals surface area contributed by atoms with Crippen LogP contribution in [0.5, 0.6) is 5.75 Å². The molecule has 1 amide bonds. The van der Waals surface area contributed by atoms with Gasteiger partial charge in [0.25, 0.3) is 0 Å². The number of carbonyl (C=O) groups excluding carboxylic acids is 2. The lowest BCUT2D eigenvalue weighted by Gasteiger charge is -2.09. The minimum absolute atomic E-state index is 0.0740. The van der Waals surface area contributed by atoms with Crippen molar-refractivity contribution in [3.63, 3.8) is 0 Å². The van der Waals surface area contributed by atoms with E-state index in [4.69, 9.17) is 47.4 Å². The average molecular weight is 786 g/mol. The lowest BCUT2D eigenvalue weighted by molar-refractivity contribution is -0.136. The summed E-state index contributed by atoms with van der Waals surface area (Å²) < 4.78 is 124.